The molecule has 5 nitrogen and oxygen atoms in total. The van der Waals surface area contributed by atoms with Gasteiger partial charge >= 0.3 is 24.1 Å². The molecule has 2 amide bonds. The molecule has 34 heavy (non-hydrogen) atoms. The van der Waals surface area contributed by atoms with Crippen LogP contribution in [-0.2, 0) is 5.67 Å². The monoisotopic (exact) mass is 514 g/mol. The maximum atomic E-state index is 14.1. The van der Waals surface area contributed by atoms with Crippen molar-refractivity contribution in [1.29, 1.82) is 0 Å². The Kier molecular flexibility index (Phi) is 7.96. The molecule has 1 saturated heterocycles. The second-order valence-electron chi connectivity index (χ2n) is 7.46. The van der Waals surface area contributed by atoms with Crippen LogP contribution in [0.3, 0.4) is 0 Å². The van der Waals surface area contributed by atoms with Gasteiger partial charge in [0.05, 0.1) is 5.02 Å². The molecule has 2 aromatic rings. The van der Waals surface area contributed by atoms with Gasteiger partial charge in [0.25, 0.3) is 0 Å². The van der Waals surface area contributed by atoms with Gasteiger partial charge in [0.15, 0.2) is 0 Å². The average molecular weight is 515 g/mol. The van der Waals surface area contributed by atoms with E-state index in [1.807, 2.05) is 4.90 Å². The number of amides is 2. The zero-order valence-electron chi connectivity index (χ0n) is 17.0. The van der Waals surface area contributed by atoms with Gasteiger partial charge in [-0.15, -0.1) is 0 Å². The number of nitrogens with one attached hydrogen (secondary N) is 1. The zero-order valence-corrected chi connectivity index (χ0v) is 17.8. The summed E-state index contributed by atoms with van der Waals surface area (Å²) in [6.45, 7) is 2.81. The minimum Gasteiger partial charge on any atom is -0.352 e. The number of piperazine rings is 1. The van der Waals surface area contributed by atoms with Gasteiger partial charge in [-0.1, -0.05) is 31.2 Å². The lowest BCUT2D eigenvalue weighted by atomic mass is 9.94. The van der Waals surface area contributed by atoms with E-state index in [1.165, 1.54) is 4.90 Å². The van der Waals surface area contributed by atoms with Gasteiger partial charge in [0, 0.05) is 43.1 Å². The molecule has 188 valence electrons. The van der Waals surface area contributed by atoms with E-state index in [2.05, 4.69) is 10.3 Å². The third-order valence-electron chi connectivity index (χ3n) is 5.24. The Morgan fingerprint density at radius 2 is 1.62 bits per heavy atom. The fourth-order valence-electron chi connectivity index (χ4n) is 3.53. The molecule has 1 fully saturated rings. The van der Waals surface area contributed by atoms with Crippen LogP contribution in [0, 0.1) is 0 Å². The standard InChI is InChI=1S/C20H18ClF7N4O.CH4/c1-12-11-31(16-15(21)3-2-8-29-16)9-10-32(12)17(33)30-14-6-4-13(5-7-14)18(22,19(23,24)25)20(26,27)28;/h2-8,12H,9-11H2,1H3,(H,30,33);1H4/t12-;/m1./s1. The van der Waals surface area contributed by atoms with Crippen molar-refractivity contribution in [2.75, 3.05) is 29.9 Å². The van der Waals surface area contributed by atoms with E-state index in [1.54, 1.807) is 25.3 Å². The normalized spacial score (nSPS) is 17.3. The van der Waals surface area contributed by atoms with E-state index < -0.39 is 29.6 Å². The summed E-state index contributed by atoms with van der Waals surface area (Å²) in [7, 11) is 0. The van der Waals surface area contributed by atoms with Crippen LogP contribution in [0.4, 0.5) is 47.0 Å². The summed E-state index contributed by atoms with van der Waals surface area (Å²) >= 11 is 6.15. The minimum absolute atomic E-state index is 0. The number of alkyl halides is 7. The molecule has 0 unspecified atom stereocenters. The highest BCUT2D eigenvalue weighted by Crippen LogP contribution is 2.53. The van der Waals surface area contributed by atoms with Crippen LogP contribution in [0.2, 0.25) is 5.02 Å². The highest BCUT2D eigenvalue weighted by molar-refractivity contribution is 6.32. The summed E-state index contributed by atoms with van der Waals surface area (Å²) in [6, 6.07) is 4.70. The number of rotatable bonds is 3. The summed E-state index contributed by atoms with van der Waals surface area (Å²) in [5.74, 6) is 0.561. The first-order valence-corrected chi connectivity index (χ1v) is 9.99. The highest BCUT2D eigenvalue weighted by atomic mass is 35.5. The topological polar surface area (TPSA) is 48.5 Å². The molecular weight excluding hydrogens is 493 g/mol. The molecular formula is C21H22ClF7N4O. The summed E-state index contributed by atoms with van der Waals surface area (Å²) in [4.78, 5) is 20.2. The van der Waals surface area contributed by atoms with E-state index in [9.17, 15) is 35.5 Å². The molecule has 1 aliphatic rings. The number of carbonyl (C=O) groups excluding carboxylic acids is 1. The van der Waals surface area contributed by atoms with Crippen LogP contribution in [-0.4, -0.2) is 53.9 Å². The second kappa shape index (κ2) is 9.85. The third kappa shape index (κ3) is 5.16. The van der Waals surface area contributed by atoms with E-state index >= 15 is 0 Å². The van der Waals surface area contributed by atoms with E-state index in [0.717, 1.165) is 12.1 Å². The third-order valence-corrected chi connectivity index (χ3v) is 5.54. The van der Waals surface area contributed by atoms with Gasteiger partial charge in [0.1, 0.15) is 5.82 Å². The maximum absolute atomic E-state index is 14.1. The Bertz CT molecular complexity index is 984. The lowest BCUT2D eigenvalue weighted by molar-refractivity contribution is -0.348. The zero-order chi connectivity index (χ0) is 24.6. The molecule has 13 heteroatoms. The molecule has 0 saturated carbocycles. The molecule has 2 heterocycles. The number of carbonyl (C=O) groups is 1. The van der Waals surface area contributed by atoms with Crippen LogP contribution < -0.4 is 10.2 Å². The molecule has 1 aromatic carbocycles. The molecule has 0 bridgehead atoms. The number of hydrogen-bond donors (Lipinski definition) is 1. The Morgan fingerprint density at radius 3 is 2.12 bits per heavy atom. The number of pyridine rings is 1. The van der Waals surface area contributed by atoms with Gasteiger partial charge in [0.2, 0.25) is 0 Å². The Balaban J connectivity index is 0.00000408. The van der Waals surface area contributed by atoms with Crippen molar-refractivity contribution < 1.29 is 35.5 Å². The quantitative estimate of drug-likeness (QED) is 0.482. The molecule has 1 aliphatic heterocycles. The van der Waals surface area contributed by atoms with Crippen LogP contribution in [0.15, 0.2) is 42.6 Å². The van der Waals surface area contributed by atoms with Crippen LogP contribution in [0.5, 0.6) is 0 Å². The van der Waals surface area contributed by atoms with Crippen molar-refractivity contribution in [3.8, 4) is 0 Å². The summed E-state index contributed by atoms with van der Waals surface area (Å²) < 4.78 is 91.4. The Labute approximate surface area is 196 Å². The smallest absolute Gasteiger partial charge is 0.352 e. The molecule has 1 aromatic heterocycles. The second-order valence-corrected chi connectivity index (χ2v) is 7.87. The van der Waals surface area contributed by atoms with E-state index in [-0.39, 0.29) is 25.7 Å². The maximum Gasteiger partial charge on any atom is 0.435 e. The largest absolute Gasteiger partial charge is 0.435 e. The molecule has 0 radical (unpaired) electrons. The fourth-order valence-corrected chi connectivity index (χ4v) is 3.77. The van der Waals surface area contributed by atoms with Crippen molar-refractivity contribution in [3.05, 3.63) is 53.2 Å². The minimum atomic E-state index is -6.21. The highest BCUT2D eigenvalue weighted by Gasteiger charge is 2.73. The lowest BCUT2D eigenvalue weighted by Gasteiger charge is -2.40. The first kappa shape index (κ1) is 27.5. The molecule has 1 N–H and O–H groups in total. The molecule has 0 aliphatic carbocycles. The summed E-state index contributed by atoms with van der Waals surface area (Å²) in [5.41, 5.74) is -7.24. The number of anilines is 2. The number of nitrogens with zero attached hydrogens (tertiary/aromatic N) is 3. The first-order chi connectivity index (χ1) is 15.3. The summed E-state index contributed by atoms with van der Waals surface area (Å²) in [5, 5.41) is 2.85. The van der Waals surface area contributed by atoms with Crippen molar-refractivity contribution in [1.82, 2.24) is 9.88 Å². The SMILES string of the molecule is C.C[C@@H]1CN(c2ncccc2Cl)CCN1C(=O)Nc1ccc(C(F)(C(F)(F)F)C(F)(F)F)cc1. The van der Waals surface area contributed by atoms with Gasteiger partial charge in [-0.3, -0.25) is 0 Å². The van der Waals surface area contributed by atoms with Crippen LogP contribution in [0.25, 0.3) is 0 Å². The van der Waals surface area contributed by atoms with E-state index in [0.29, 0.717) is 36.1 Å². The van der Waals surface area contributed by atoms with Gasteiger partial charge in [-0.25, -0.2) is 14.2 Å². The van der Waals surface area contributed by atoms with Gasteiger partial charge in [-0.2, -0.15) is 26.3 Å². The van der Waals surface area contributed by atoms with Gasteiger partial charge in [-0.05, 0) is 31.2 Å². The number of benzene rings is 1. The van der Waals surface area contributed by atoms with Crippen LogP contribution >= 0.6 is 11.6 Å². The summed E-state index contributed by atoms with van der Waals surface area (Å²) in [6.07, 6.45) is -10.8. The predicted molar refractivity (Wildman–Crippen MR) is 115 cm³/mol. The number of hydrogen-bond acceptors (Lipinski definition) is 3. The van der Waals surface area contributed by atoms with Gasteiger partial charge < -0.3 is 15.1 Å². The molecule has 3 rings (SSSR count). The number of urea groups is 1. The lowest BCUT2D eigenvalue weighted by Crippen LogP contribution is -2.55. The van der Waals surface area contributed by atoms with Crippen molar-refractivity contribution in [2.24, 2.45) is 0 Å². The Morgan fingerprint density at radius 1 is 1.03 bits per heavy atom. The van der Waals surface area contributed by atoms with E-state index in [4.69, 9.17) is 11.6 Å². The number of aromatic nitrogens is 1. The molecule has 1 atom stereocenters. The van der Waals surface area contributed by atoms with Crippen molar-refractivity contribution in [2.45, 2.75) is 38.4 Å². The molecule has 0 spiro atoms. The Hall–Kier alpha value is -2.76. The average Bonchev–Trinajstić information content (AvgIpc) is 2.72. The van der Waals surface area contributed by atoms with Crippen molar-refractivity contribution in [3.63, 3.8) is 0 Å². The van der Waals surface area contributed by atoms with Crippen LogP contribution in [0.1, 0.15) is 19.9 Å². The number of halogens is 8. The first-order valence-electron chi connectivity index (χ1n) is 9.61. The predicted octanol–water partition coefficient (Wildman–Crippen LogP) is 6.40. The fraction of sp³-hybridized carbons (Fsp3) is 0.429. The van der Waals surface area contributed by atoms with Crippen molar-refractivity contribution >= 4 is 29.1 Å².